The number of anilines is 2. The van der Waals surface area contributed by atoms with E-state index in [2.05, 4.69) is 33.1 Å². The van der Waals surface area contributed by atoms with E-state index in [1.54, 1.807) is 25.7 Å². The maximum atomic E-state index is 18.0. The van der Waals surface area contributed by atoms with Gasteiger partial charge in [0.1, 0.15) is 33.6 Å². The van der Waals surface area contributed by atoms with Crippen LogP contribution < -0.4 is 15.0 Å². The van der Waals surface area contributed by atoms with Gasteiger partial charge in [0.05, 0.1) is 60.6 Å². The van der Waals surface area contributed by atoms with Gasteiger partial charge in [-0.1, -0.05) is 0 Å². The molecule has 4 aromatic rings. The molecule has 0 radical (unpaired) electrons. The molecule has 330 valence electrons. The number of nitriles is 1. The highest BCUT2D eigenvalue weighted by molar-refractivity contribution is 7.23. The van der Waals surface area contributed by atoms with Crippen LogP contribution in [0.3, 0.4) is 0 Å². The first-order valence-electron chi connectivity index (χ1n) is 21.3. The van der Waals surface area contributed by atoms with Gasteiger partial charge in [-0.15, -0.1) is 11.3 Å². The number of halogens is 2. The van der Waals surface area contributed by atoms with Crippen molar-refractivity contribution in [2.45, 2.75) is 117 Å². The summed E-state index contributed by atoms with van der Waals surface area (Å²) in [7, 11) is 0. The number of aromatic nitrogens is 3. The van der Waals surface area contributed by atoms with Crippen LogP contribution in [0.1, 0.15) is 90.8 Å². The van der Waals surface area contributed by atoms with Crippen molar-refractivity contribution in [2.24, 2.45) is 5.41 Å². The van der Waals surface area contributed by atoms with Crippen LogP contribution in [0.2, 0.25) is 0 Å². The van der Waals surface area contributed by atoms with Crippen molar-refractivity contribution in [3.8, 4) is 23.3 Å². The number of hydrogen-bond donors (Lipinski definition) is 1. The molecule has 3 saturated heterocycles. The molecule has 1 N–H and O–H groups in total. The van der Waals surface area contributed by atoms with E-state index in [0.717, 1.165) is 56.3 Å². The average molecular weight is 875 g/mol. The Morgan fingerprint density at radius 2 is 1.73 bits per heavy atom. The fraction of sp³-hybridized carbons (Fsp3) is 0.591. The van der Waals surface area contributed by atoms with E-state index in [4.69, 9.17) is 33.7 Å². The topological polar surface area (TPSA) is 165 Å². The van der Waals surface area contributed by atoms with Crippen LogP contribution in [-0.2, 0) is 32.2 Å². The minimum atomic E-state index is -0.838. The van der Waals surface area contributed by atoms with E-state index < -0.39 is 28.9 Å². The molecule has 1 aliphatic carbocycles. The van der Waals surface area contributed by atoms with Gasteiger partial charge in [0, 0.05) is 60.7 Å². The quantitative estimate of drug-likeness (QED) is 0.182. The second-order valence-corrected chi connectivity index (χ2v) is 20.3. The fourth-order valence-electron chi connectivity index (χ4n) is 9.23. The molecular weight excluding hydrogens is 823 g/mol. The number of likely N-dealkylation sites (tertiary alicyclic amines) is 1. The summed E-state index contributed by atoms with van der Waals surface area (Å²) in [4.78, 5) is 46.9. The van der Waals surface area contributed by atoms with Crippen LogP contribution in [-0.4, -0.2) is 112 Å². The van der Waals surface area contributed by atoms with E-state index in [9.17, 15) is 14.9 Å². The Balaban J connectivity index is 1.17. The molecule has 4 aliphatic heterocycles. The van der Waals surface area contributed by atoms with E-state index in [-0.39, 0.29) is 86.3 Å². The summed E-state index contributed by atoms with van der Waals surface area (Å²) in [5.41, 5.74) is -0.567. The highest BCUT2D eigenvalue weighted by Crippen LogP contribution is 2.50. The lowest BCUT2D eigenvalue weighted by Crippen LogP contribution is -2.56. The van der Waals surface area contributed by atoms with Crippen LogP contribution in [0.15, 0.2) is 6.20 Å². The molecule has 2 amide bonds. The molecule has 1 aromatic carbocycles. The molecule has 2 unspecified atom stereocenters. The van der Waals surface area contributed by atoms with E-state index >= 15 is 8.78 Å². The van der Waals surface area contributed by atoms with Crippen molar-refractivity contribution in [3.63, 3.8) is 0 Å². The number of morpholine rings is 1. The molecule has 15 nitrogen and oxygen atoms in total. The van der Waals surface area contributed by atoms with Crippen LogP contribution in [0, 0.1) is 28.4 Å². The molecule has 18 heteroatoms. The van der Waals surface area contributed by atoms with Crippen molar-refractivity contribution in [3.05, 3.63) is 34.5 Å². The first kappa shape index (κ1) is 42.3. The van der Waals surface area contributed by atoms with Gasteiger partial charge in [0.15, 0.2) is 11.6 Å². The summed E-state index contributed by atoms with van der Waals surface area (Å²) in [6, 6.07) is 2.09. The number of benzene rings is 1. The summed E-state index contributed by atoms with van der Waals surface area (Å²) in [6.45, 7) is 17.0. The number of thiophene rings is 1. The summed E-state index contributed by atoms with van der Waals surface area (Å²) >= 11 is 0.841. The molecule has 3 aromatic heterocycles. The van der Waals surface area contributed by atoms with E-state index in [0.29, 0.717) is 55.2 Å². The van der Waals surface area contributed by atoms with Crippen LogP contribution in [0.4, 0.5) is 29.2 Å². The second-order valence-electron chi connectivity index (χ2n) is 19.3. The molecule has 1 saturated carbocycles. The minimum absolute atomic E-state index is 0.00652. The van der Waals surface area contributed by atoms with Gasteiger partial charge < -0.3 is 33.5 Å². The van der Waals surface area contributed by atoms with Crippen LogP contribution in [0.25, 0.3) is 32.2 Å². The highest BCUT2D eigenvalue weighted by atomic mass is 32.1. The van der Waals surface area contributed by atoms with Crippen LogP contribution >= 0.6 is 11.3 Å². The van der Waals surface area contributed by atoms with Gasteiger partial charge in [0.25, 0.3) is 0 Å². The third-order valence-electron chi connectivity index (χ3n) is 12.3. The molecular formula is C44H52F2N8O7S. The smallest absolute Gasteiger partial charge is 0.412 e. The molecule has 2 bridgehead atoms. The summed E-state index contributed by atoms with van der Waals surface area (Å²) < 4.78 is 63.1. The number of carbonyl (C=O) groups excluding carboxylic acids is 2. The Morgan fingerprint density at radius 1 is 1.02 bits per heavy atom. The van der Waals surface area contributed by atoms with Gasteiger partial charge in [0.2, 0.25) is 0 Å². The first-order valence-corrected chi connectivity index (χ1v) is 22.1. The lowest BCUT2D eigenvalue weighted by molar-refractivity contribution is -0.0134. The lowest BCUT2D eigenvalue weighted by atomic mass is 9.93. The zero-order chi connectivity index (χ0) is 43.9. The normalized spacial score (nSPS) is 22.2. The van der Waals surface area contributed by atoms with Crippen molar-refractivity contribution in [2.75, 3.05) is 56.2 Å². The van der Waals surface area contributed by atoms with Crippen molar-refractivity contribution < 1.29 is 42.1 Å². The maximum Gasteiger partial charge on any atom is 0.412 e. The van der Waals surface area contributed by atoms with Gasteiger partial charge in [-0.05, 0) is 85.3 Å². The zero-order valence-electron chi connectivity index (χ0n) is 36.2. The van der Waals surface area contributed by atoms with E-state index in [1.807, 2.05) is 20.8 Å². The number of fused-ring (bicyclic) bond motifs is 6. The average Bonchev–Trinajstić information content (AvgIpc) is 3.47. The number of amides is 2. The Kier molecular flexibility index (Phi) is 10.7. The minimum Gasteiger partial charge on any atom is -0.463 e. The van der Waals surface area contributed by atoms with Crippen molar-refractivity contribution in [1.82, 2.24) is 24.8 Å². The molecule has 0 spiro atoms. The number of piperazine rings is 1. The Bertz CT molecular complexity index is 2500. The Labute approximate surface area is 362 Å². The number of pyridine rings is 1. The van der Waals surface area contributed by atoms with Gasteiger partial charge in [-0.2, -0.15) is 15.2 Å². The number of nitrogens with one attached hydrogen (secondary N) is 1. The molecule has 3 atom stereocenters. The number of carbonyl (C=O) groups is 2. The monoisotopic (exact) mass is 874 g/mol. The standard InChI is InChI=1S/C44H52F2N8O7S/c1-23-18-57-13-12-52(23)21-44(10-11-44)22-59-39-49-35-32(37(50-39)54-24-8-9-25(54)17-53(16-24)41(56)61-43(5,6)7)28-20-58-19-27(28)30(33(35)46)34-31-26(14-47)38(51-40(55)60-42(2,3)4)62-36(31)29(45)15-48-34/h15,23-25H,8-13,16-22H2,1-7H3,(H,51,55)/t23-,24?,25?/m1/s1. The van der Waals surface area contributed by atoms with E-state index in [1.165, 1.54) is 0 Å². The largest absolute Gasteiger partial charge is 0.463 e. The molecule has 7 heterocycles. The Hall–Kier alpha value is -4.96. The van der Waals surface area contributed by atoms with Crippen molar-refractivity contribution in [1.29, 1.82) is 5.26 Å². The van der Waals surface area contributed by atoms with Gasteiger partial charge in [-0.3, -0.25) is 15.2 Å². The van der Waals surface area contributed by atoms with Crippen LogP contribution in [0.5, 0.6) is 6.01 Å². The van der Waals surface area contributed by atoms with Gasteiger partial charge >= 0.3 is 18.2 Å². The SMILES string of the molecule is C[C@@H]1COCCN1CC1(COc2nc(N3C4CCC3CN(C(=O)OC(C)(C)C)C4)c3c4c(c(-c5ncc(F)c6sc(NC(=O)OC(C)(C)C)c(C#N)c56)c(F)c3n2)COC4)CC1. The molecule has 62 heavy (non-hydrogen) atoms. The number of hydrogen-bond acceptors (Lipinski definition) is 14. The maximum absolute atomic E-state index is 18.0. The number of rotatable bonds is 8. The number of ether oxygens (including phenoxy) is 5. The molecule has 9 rings (SSSR count). The zero-order valence-corrected chi connectivity index (χ0v) is 37.0. The highest BCUT2D eigenvalue weighted by Gasteiger charge is 2.47. The molecule has 5 aliphatic rings. The third-order valence-corrected chi connectivity index (χ3v) is 13.4. The summed E-state index contributed by atoms with van der Waals surface area (Å²) in [6.07, 6.45) is 3.27. The summed E-state index contributed by atoms with van der Waals surface area (Å²) in [5.74, 6) is -0.995. The number of nitrogens with zero attached hydrogens (tertiary/aromatic N) is 7. The lowest BCUT2D eigenvalue weighted by Gasteiger charge is -2.42. The van der Waals surface area contributed by atoms with Crippen molar-refractivity contribution >= 4 is 55.3 Å². The van der Waals surface area contributed by atoms with Gasteiger partial charge in [-0.25, -0.2) is 18.4 Å². The Morgan fingerprint density at radius 3 is 2.39 bits per heavy atom. The fourth-order valence-corrected chi connectivity index (χ4v) is 10.3. The second kappa shape index (κ2) is 15.7. The molecule has 4 fully saturated rings. The predicted octanol–water partition coefficient (Wildman–Crippen LogP) is 7.90. The first-order chi connectivity index (χ1) is 29.4. The third kappa shape index (κ3) is 7.97. The summed E-state index contributed by atoms with van der Waals surface area (Å²) in [5, 5.41) is 13.6. The predicted molar refractivity (Wildman–Crippen MR) is 227 cm³/mol.